The van der Waals surface area contributed by atoms with E-state index < -0.39 is 0 Å². The van der Waals surface area contributed by atoms with Crippen LogP contribution >= 0.6 is 0 Å². The summed E-state index contributed by atoms with van der Waals surface area (Å²) < 4.78 is 18.6. The Morgan fingerprint density at radius 1 is 0.875 bits per heavy atom. The molecule has 7 rings (SSSR count). The summed E-state index contributed by atoms with van der Waals surface area (Å²) in [5.41, 5.74) is -0.986. The third kappa shape index (κ3) is 0.985. The summed E-state index contributed by atoms with van der Waals surface area (Å²) in [5, 5.41) is 0.245. The molecule has 24 heavy (non-hydrogen) atoms. The van der Waals surface area contributed by atoms with E-state index in [1.165, 1.54) is 0 Å². The van der Waals surface area contributed by atoms with Gasteiger partial charge in [-0.1, -0.05) is 0 Å². The van der Waals surface area contributed by atoms with E-state index in [-0.39, 0.29) is 40.6 Å². The van der Waals surface area contributed by atoms with Crippen LogP contribution in [0.2, 0.25) is 5.31 Å². The van der Waals surface area contributed by atoms with E-state index in [1.54, 1.807) is 0 Å². The van der Waals surface area contributed by atoms with Crippen molar-refractivity contribution in [1.29, 1.82) is 0 Å². The maximum absolute atomic E-state index is 12.8. The average molecular weight is 330 g/mol. The second-order valence-electron chi connectivity index (χ2n) is 11.2. The number of ether oxygens (including phenoxy) is 1. The first kappa shape index (κ1) is 14.6. The number of esters is 1. The van der Waals surface area contributed by atoms with Crippen molar-refractivity contribution in [2.45, 2.75) is 70.6 Å². The highest BCUT2D eigenvalue weighted by molar-refractivity contribution is 6.52. The smallest absolute Gasteiger partial charge is 0.460 e. The van der Waals surface area contributed by atoms with Crippen LogP contribution in [-0.4, -0.2) is 29.9 Å². The van der Waals surface area contributed by atoms with Crippen molar-refractivity contribution >= 4 is 13.1 Å². The Morgan fingerprint density at radius 3 is 1.67 bits per heavy atom. The van der Waals surface area contributed by atoms with Gasteiger partial charge in [-0.3, -0.25) is 4.79 Å². The molecule has 0 bridgehead atoms. The van der Waals surface area contributed by atoms with Gasteiger partial charge in [-0.25, -0.2) is 0 Å². The molecular weight excluding hydrogens is 303 g/mol. The fraction of sp³-hybridized carbons (Fsp3) is 0.947. The zero-order valence-corrected chi connectivity index (χ0v) is 15.7. The molecule has 4 nitrogen and oxygen atoms in total. The van der Waals surface area contributed by atoms with Crippen molar-refractivity contribution in [1.82, 2.24) is 0 Å². The molecule has 1 heterocycles. The van der Waals surface area contributed by atoms with Gasteiger partial charge >= 0.3 is 13.1 Å². The number of hydrogen-bond acceptors (Lipinski definition) is 4. The molecule has 0 N–H and O–H groups in total. The van der Waals surface area contributed by atoms with Crippen molar-refractivity contribution in [3.8, 4) is 0 Å². The normalized spacial score (nSPS) is 58.5. The first-order valence-electron chi connectivity index (χ1n) is 9.51. The van der Waals surface area contributed by atoms with E-state index in [0.717, 1.165) is 0 Å². The number of rotatable bonds is 2. The van der Waals surface area contributed by atoms with Gasteiger partial charge in [0.1, 0.15) is 5.60 Å². The summed E-state index contributed by atoms with van der Waals surface area (Å²) in [6.07, 6.45) is 0. The lowest BCUT2D eigenvalue weighted by Crippen LogP contribution is -3.10. The van der Waals surface area contributed by atoms with Crippen LogP contribution in [0.4, 0.5) is 0 Å². The fourth-order valence-corrected chi connectivity index (χ4v) is 7.90. The lowest BCUT2D eigenvalue weighted by molar-refractivity contribution is -0.592. The average Bonchev–Trinajstić information content (AvgIpc) is 2.65. The monoisotopic (exact) mass is 330 g/mol. The van der Waals surface area contributed by atoms with Crippen LogP contribution in [0.25, 0.3) is 0 Å². The Labute approximate surface area is 144 Å². The molecule has 1 saturated heterocycles. The molecule has 7 aliphatic rings. The van der Waals surface area contributed by atoms with Crippen LogP contribution in [0.5, 0.6) is 0 Å². The van der Waals surface area contributed by atoms with Crippen LogP contribution in [0.1, 0.15) is 48.5 Å². The number of carbonyl (C=O) groups excluding carboxylic acids is 1. The molecular formula is C19H27BO4. The Balaban J connectivity index is 1.25. The minimum absolute atomic E-state index is 0.0665. The van der Waals surface area contributed by atoms with E-state index in [0.29, 0.717) is 35.5 Å². The molecule has 0 aromatic heterocycles. The van der Waals surface area contributed by atoms with Gasteiger partial charge in [0.2, 0.25) is 0 Å². The van der Waals surface area contributed by atoms with Gasteiger partial charge in [-0.05, 0) is 84.0 Å². The molecule has 0 aromatic carbocycles. The molecule has 1 aliphatic heterocycles. The van der Waals surface area contributed by atoms with Crippen molar-refractivity contribution in [3.63, 3.8) is 0 Å². The topological polar surface area (TPSA) is 44.8 Å². The van der Waals surface area contributed by atoms with Gasteiger partial charge in [0.15, 0.2) is 0 Å². The van der Waals surface area contributed by atoms with Crippen molar-refractivity contribution in [2.75, 3.05) is 0 Å². The number of hydrogen-bond donors (Lipinski definition) is 0. The predicted octanol–water partition coefficient (Wildman–Crippen LogP) is 2.91. The second kappa shape index (κ2) is 3.24. The summed E-state index contributed by atoms with van der Waals surface area (Å²) in [7, 11) is -0.0665. The minimum atomic E-state index is -0.379. The quantitative estimate of drug-likeness (QED) is 0.577. The van der Waals surface area contributed by atoms with Crippen LogP contribution in [-0.2, 0) is 18.8 Å². The molecule has 7 fully saturated rings. The lowest BCUT2D eigenvalue weighted by atomic mass is 8.88. The maximum atomic E-state index is 12.8. The van der Waals surface area contributed by atoms with E-state index in [2.05, 4.69) is 27.7 Å². The van der Waals surface area contributed by atoms with Crippen molar-refractivity contribution < 1.29 is 18.8 Å². The molecule has 0 atom stereocenters. The van der Waals surface area contributed by atoms with Crippen LogP contribution in [0.3, 0.4) is 0 Å². The van der Waals surface area contributed by atoms with Gasteiger partial charge in [0.05, 0.1) is 16.6 Å². The van der Waals surface area contributed by atoms with Crippen LogP contribution in [0.15, 0.2) is 0 Å². The summed E-state index contributed by atoms with van der Waals surface area (Å²) in [6, 6.07) is 0. The van der Waals surface area contributed by atoms with Crippen molar-refractivity contribution in [3.05, 3.63) is 0 Å². The maximum Gasteiger partial charge on any atom is 0.465 e. The minimum Gasteiger partial charge on any atom is -0.460 e. The first-order chi connectivity index (χ1) is 10.9. The van der Waals surface area contributed by atoms with E-state index in [1.807, 2.05) is 20.8 Å². The molecule has 0 spiro atoms. The summed E-state index contributed by atoms with van der Waals surface area (Å²) in [4.78, 5) is 12.8. The summed E-state index contributed by atoms with van der Waals surface area (Å²) >= 11 is 0. The lowest BCUT2D eigenvalue weighted by Gasteiger charge is -3.10. The summed E-state index contributed by atoms with van der Waals surface area (Å²) in [6.45, 7) is 14.5. The molecule has 0 aromatic rings. The third-order valence-corrected chi connectivity index (χ3v) is 9.12. The van der Waals surface area contributed by atoms with Gasteiger partial charge in [0.25, 0.3) is 0 Å². The third-order valence-electron chi connectivity index (χ3n) is 9.12. The summed E-state index contributed by atoms with van der Waals surface area (Å²) in [5.74, 6) is 3.73. The Hall–Kier alpha value is -0.545. The van der Waals surface area contributed by atoms with E-state index in [9.17, 15) is 4.79 Å². The molecule has 0 amide bonds. The van der Waals surface area contributed by atoms with Gasteiger partial charge < -0.3 is 14.0 Å². The van der Waals surface area contributed by atoms with E-state index >= 15 is 0 Å². The molecule has 0 unspecified atom stereocenters. The largest absolute Gasteiger partial charge is 0.465 e. The molecule has 130 valence electrons. The van der Waals surface area contributed by atoms with Crippen molar-refractivity contribution in [2.24, 2.45) is 40.9 Å². The molecule has 0 radical (unpaired) electrons. The SMILES string of the molecule is CC(C)(C)OC(=O)C12C3C4C1C1C2C3C41B1OC(C)(C)C(C)(C)O1. The molecule has 6 saturated carbocycles. The van der Waals surface area contributed by atoms with Gasteiger partial charge in [0, 0.05) is 5.31 Å². The highest BCUT2D eigenvalue weighted by Crippen LogP contribution is 3.14. The first-order valence-corrected chi connectivity index (χ1v) is 9.51. The van der Waals surface area contributed by atoms with Gasteiger partial charge in [-0.2, -0.15) is 0 Å². The Bertz CT molecular complexity index is 633. The zero-order valence-electron chi connectivity index (χ0n) is 15.7. The van der Waals surface area contributed by atoms with E-state index in [4.69, 9.17) is 14.0 Å². The molecule has 5 heteroatoms. The standard InChI is InChI=1S/C19H27BO4/c1-15(2,3)22-14(21)18-8-11-9(18)13-10(18)12(8)19(11,13)20-23-16(4,5)17(6,7)24-20/h8-13H,1-7H3. The molecule has 6 aliphatic carbocycles. The van der Waals surface area contributed by atoms with Gasteiger partial charge in [-0.15, -0.1) is 0 Å². The Kier molecular flexibility index (Phi) is 1.97. The highest BCUT2D eigenvalue weighted by Gasteiger charge is 3.13. The highest BCUT2D eigenvalue weighted by atomic mass is 16.7. The Morgan fingerprint density at radius 2 is 1.29 bits per heavy atom. The zero-order chi connectivity index (χ0) is 17.2. The van der Waals surface area contributed by atoms with Crippen LogP contribution in [0, 0.1) is 40.9 Å². The number of carbonyl (C=O) groups is 1. The second-order valence-corrected chi connectivity index (χ2v) is 11.2. The predicted molar refractivity (Wildman–Crippen MR) is 88.0 cm³/mol. The fourth-order valence-electron chi connectivity index (χ4n) is 7.90. The van der Waals surface area contributed by atoms with Crippen LogP contribution < -0.4 is 0 Å².